The predicted octanol–water partition coefficient (Wildman–Crippen LogP) is 2.42. The Kier molecular flexibility index (Phi) is 2.04. The summed E-state index contributed by atoms with van der Waals surface area (Å²) >= 11 is 0. The Hall–Kier alpha value is -0.370. The highest BCUT2D eigenvalue weighted by molar-refractivity contribution is 5.87. The van der Waals surface area contributed by atoms with E-state index >= 15 is 0 Å². The fourth-order valence-corrected chi connectivity index (χ4v) is 3.33. The second-order valence-electron chi connectivity index (χ2n) is 5.54. The Bertz CT molecular complexity index is 269. The number of carbonyl (C=O) groups is 1. The lowest BCUT2D eigenvalue weighted by molar-refractivity contribution is -0.175. The number of fused-ring (bicyclic) bond motifs is 1. The first-order chi connectivity index (χ1) is 6.43. The molecule has 2 aliphatic rings. The van der Waals surface area contributed by atoms with Gasteiger partial charge in [-0.3, -0.25) is 4.79 Å². The molecule has 0 N–H and O–H groups in total. The molecule has 0 amide bonds. The van der Waals surface area contributed by atoms with Crippen LogP contribution in [0, 0.1) is 16.7 Å². The second-order valence-corrected chi connectivity index (χ2v) is 5.54. The molecule has 0 aromatic heterocycles. The SMILES string of the molecule is CCOC1CC2C(=O)CC(C)(C)C12C. The molecule has 2 fully saturated rings. The van der Waals surface area contributed by atoms with E-state index in [-0.39, 0.29) is 16.7 Å². The molecule has 0 saturated heterocycles. The first-order valence-electron chi connectivity index (χ1n) is 5.58. The lowest BCUT2D eigenvalue weighted by Crippen LogP contribution is -2.56. The van der Waals surface area contributed by atoms with Crippen LogP contribution in [-0.2, 0) is 9.53 Å². The summed E-state index contributed by atoms with van der Waals surface area (Å²) < 4.78 is 5.73. The first kappa shape index (κ1) is 10.2. The molecule has 2 saturated carbocycles. The van der Waals surface area contributed by atoms with E-state index in [2.05, 4.69) is 20.8 Å². The minimum atomic E-state index is 0.0973. The van der Waals surface area contributed by atoms with Gasteiger partial charge in [-0.15, -0.1) is 0 Å². The van der Waals surface area contributed by atoms with E-state index < -0.39 is 0 Å². The Labute approximate surface area is 86.0 Å². The highest BCUT2D eigenvalue weighted by Gasteiger charge is 2.67. The van der Waals surface area contributed by atoms with Crippen molar-refractivity contribution in [2.45, 2.75) is 46.6 Å². The van der Waals surface area contributed by atoms with Gasteiger partial charge in [-0.05, 0) is 18.8 Å². The van der Waals surface area contributed by atoms with Gasteiger partial charge in [0, 0.05) is 24.4 Å². The van der Waals surface area contributed by atoms with Crippen LogP contribution in [0.1, 0.15) is 40.5 Å². The van der Waals surface area contributed by atoms with E-state index in [9.17, 15) is 4.79 Å². The highest BCUT2D eigenvalue weighted by Crippen LogP contribution is 2.65. The third kappa shape index (κ3) is 0.979. The largest absolute Gasteiger partial charge is 0.378 e. The van der Waals surface area contributed by atoms with Crippen LogP contribution in [0.25, 0.3) is 0 Å². The zero-order valence-electron chi connectivity index (χ0n) is 9.59. The van der Waals surface area contributed by atoms with Gasteiger partial charge in [0.05, 0.1) is 6.10 Å². The smallest absolute Gasteiger partial charge is 0.137 e. The Morgan fingerprint density at radius 1 is 1.43 bits per heavy atom. The molecule has 0 aliphatic heterocycles. The monoisotopic (exact) mass is 196 g/mol. The van der Waals surface area contributed by atoms with E-state index in [1.807, 2.05) is 6.92 Å². The molecule has 0 bridgehead atoms. The molecule has 3 atom stereocenters. The Morgan fingerprint density at radius 2 is 2.07 bits per heavy atom. The lowest BCUT2D eigenvalue weighted by atomic mass is 9.52. The average molecular weight is 196 g/mol. The van der Waals surface area contributed by atoms with Crippen LogP contribution in [0.2, 0.25) is 0 Å². The molecule has 2 aliphatic carbocycles. The summed E-state index contributed by atoms with van der Waals surface area (Å²) in [6, 6.07) is 0. The molecule has 0 heterocycles. The van der Waals surface area contributed by atoms with Crippen LogP contribution in [-0.4, -0.2) is 18.5 Å². The van der Waals surface area contributed by atoms with E-state index in [0.29, 0.717) is 11.9 Å². The van der Waals surface area contributed by atoms with Gasteiger partial charge in [-0.1, -0.05) is 20.8 Å². The van der Waals surface area contributed by atoms with Crippen LogP contribution in [0.15, 0.2) is 0 Å². The van der Waals surface area contributed by atoms with Crippen molar-refractivity contribution in [3.63, 3.8) is 0 Å². The molecule has 0 radical (unpaired) electrons. The third-order valence-corrected chi connectivity index (χ3v) is 4.67. The Morgan fingerprint density at radius 3 is 2.57 bits per heavy atom. The van der Waals surface area contributed by atoms with Crippen LogP contribution in [0.3, 0.4) is 0 Å². The minimum Gasteiger partial charge on any atom is -0.378 e. The first-order valence-corrected chi connectivity index (χ1v) is 5.58. The number of ether oxygens (including phenoxy) is 1. The van der Waals surface area contributed by atoms with Crippen molar-refractivity contribution in [2.75, 3.05) is 6.61 Å². The van der Waals surface area contributed by atoms with Crippen LogP contribution >= 0.6 is 0 Å². The maximum Gasteiger partial charge on any atom is 0.137 e. The van der Waals surface area contributed by atoms with Gasteiger partial charge >= 0.3 is 0 Å². The fraction of sp³-hybridized carbons (Fsp3) is 0.917. The summed E-state index contributed by atoms with van der Waals surface area (Å²) in [5.74, 6) is 0.725. The quantitative estimate of drug-likeness (QED) is 0.678. The molecule has 0 aromatic carbocycles. The summed E-state index contributed by atoms with van der Waals surface area (Å²) in [5.41, 5.74) is 0.215. The maximum absolute atomic E-state index is 11.8. The summed E-state index contributed by atoms with van der Waals surface area (Å²) in [4.78, 5) is 11.8. The average Bonchev–Trinajstić information content (AvgIpc) is 2.20. The van der Waals surface area contributed by atoms with Gasteiger partial charge in [-0.2, -0.15) is 0 Å². The molecular weight excluding hydrogens is 176 g/mol. The lowest BCUT2D eigenvalue weighted by Gasteiger charge is -2.55. The van der Waals surface area contributed by atoms with Gasteiger partial charge in [0.2, 0.25) is 0 Å². The van der Waals surface area contributed by atoms with Crippen molar-refractivity contribution in [3.8, 4) is 0 Å². The molecular formula is C12H20O2. The summed E-state index contributed by atoms with van der Waals surface area (Å²) in [6.45, 7) is 9.43. The molecule has 0 spiro atoms. The molecule has 2 nitrogen and oxygen atoms in total. The molecule has 2 heteroatoms. The van der Waals surface area contributed by atoms with Crippen LogP contribution < -0.4 is 0 Å². The third-order valence-electron chi connectivity index (χ3n) is 4.67. The zero-order valence-corrected chi connectivity index (χ0v) is 9.59. The fourth-order valence-electron chi connectivity index (χ4n) is 3.33. The molecule has 0 aromatic rings. The van der Waals surface area contributed by atoms with Gasteiger partial charge in [0.25, 0.3) is 0 Å². The van der Waals surface area contributed by atoms with Crippen molar-refractivity contribution in [2.24, 2.45) is 16.7 Å². The predicted molar refractivity (Wildman–Crippen MR) is 55.0 cm³/mol. The number of hydrogen-bond donors (Lipinski definition) is 0. The van der Waals surface area contributed by atoms with Crippen LogP contribution in [0.4, 0.5) is 0 Å². The number of carbonyl (C=O) groups excluding carboxylic acids is 1. The summed E-state index contributed by atoms with van der Waals surface area (Å²) in [5, 5.41) is 0. The normalized spacial score (nSPS) is 44.7. The van der Waals surface area contributed by atoms with Crippen molar-refractivity contribution < 1.29 is 9.53 Å². The van der Waals surface area contributed by atoms with Gasteiger partial charge < -0.3 is 4.74 Å². The van der Waals surface area contributed by atoms with Gasteiger partial charge in [-0.25, -0.2) is 0 Å². The van der Waals surface area contributed by atoms with E-state index in [4.69, 9.17) is 4.74 Å². The maximum atomic E-state index is 11.8. The number of rotatable bonds is 2. The van der Waals surface area contributed by atoms with E-state index in [0.717, 1.165) is 19.4 Å². The van der Waals surface area contributed by atoms with Crippen molar-refractivity contribution in [3.05, 3.63) is 0 Å². The van der Waals surface area contributed by atoms with Crippen molar-refractivity contribution in [1.29, 1.82) is 0 Å². The van der Waals surface area contributed by atoms with Crippen LogP contribution in [0.5, 0.6) is 0 Å². The van der Waals surface area contributed by atoms with E-state index in [1.165, 1.54) is 0 Å². The van der Waals surface area contributed by atoms with Crippen molar-refractivity contribution in [1.82, 2.24) is 0 Å². The Balaban J connectivity index is 2.24. The summed E-state index contributed by atoms with van der Waals surface area (Å²) in [6.07, 6.45) is 1.99. The van der Waals surface area contributed by atoms with E-state index in [1.54, 1.807) is 0 Å². The molecule has 14 heavy (non-hydrogen) atoms. The zero-order chi connectivity index (χ0) is 10.6. The molecule has 3 unspecified atom stereocenters. The van der Waals surface area contributed by atoms with Crippen molar-refractivity contribution >= 4 is 5.78 Å². The topological polar surface area (TPSA) is 26.3 Å². The molecule has 80 valence electrons. The number of Topliss-reactive ketones (excluding diaryl/α,β-unsaturated/α-hetero) is 1. The summed E-state index contributed by atoms with van der Waals surface area (Å²) in [7, 11) is 0. The standard InChI is InChI=1S/C12H20O2/c1-5-14-10-6-8-9(13)7-11(2,3)12(8,10)4/h8,10H,5-7H2,1-4H3. The number of hydrogen-bond acceptors (Lipinski definition) is 2. The van der Waals surface area contributed by atoms with Gasteiger partial charge in [0.1, 0.15) is 5.78 Å². The van der Waals surface area contributed by atoms with Gasteiger partial charge in [0.15, 0.2) is 0 Å². The second kappa shape index (κ2) is 2.82. The molecule has 2 rings (SSSR count). The minimum absolute atomic E-state index is 0.0973. The number of ketones is 1. The highest BCUT2D eigenvalue weighted by atomic mass is 16.5.